The summed E-state index contributed by atoms with van der Waals surface area (Å²) in [4.78, 5) is 1.92. The first kappa shape index (κ1) is 9.21. The van der Waals surface area contributed by atoms with Gasteiger partial charge in [0.05, 0.1) is 6.61 Å². The van der Waals surface area contributed by atoms with Crippen LogP contribution in [0.3, 0.4) is 0 Å². The van der Waals surface area contributed by atoms with E-state index in [1.807, 2.05) is 11.8 Å². The SMILES string of the molecule is CCN(CCO)c1nnc(N)s1. The van der Waals surface area contributed by atoms with Gasteiger partial charge in [-0.1, -0.05) is 11.3 Å². The lowest BCUT2D eigenvalue weighted by atomic mass is 10.5. The molecule has 0 saturated heterocycles. The molecule has 3 N–H and O–H groups in total. The number of anilines is 2. The zero-order valence-corrected chi connectivity index (χ0v) is 7.71. The maximum absolute atomic E-state index is 8.72. The molecule has 0 amide bonds. The van der Waals surface area contributed by atoms with Gasteiger partial charge in [-0.15, -0.1) is 10.2 Å². The van der Waals surface area contributed by atoms with Crippen molar-refractivity contribution >= 4 is 21.6 Å². The van der Waals surface area contributed by atoms with Crippen LogP contribution in [0.15, 0.2) is 0 Å². The molecule has 0 saturated carbocycles. The lowest BCUT2D eigenvalue weighted by molar-refractivity contribution is 0.302. The topological polar surface area (TPSA) is 75.3 Å². The van der Waals surface area contributed by atoms with E-state index in [2.05, 4.69) is 10.2 Å². The minimum atomic E-state index is 0.118. The van der Waals surface area contributed by atoms with Crippen molar-refractivity contribution in [2.24, 2.45) is 0 Å². The minimum absolute atomic E-state index is 0.118. The van der Waals surface area contributed by atoms with Gasteiger partial charge in [0, 0.05) is 13.1 Å². The predicted molar refractivity (Wildman–Crippen MR) is 49.3 cm³/mol. The fourth-order valence-corrected chi connectivity index (χ4v) is 1.56. The average Bonchev–Trinajstić information content (AvgIpc) is 2.47. The summed E-state index contributed by atoms with van der Waals surface area (Å²) in [6.45, 7) is 3.49. The maximum Gasteiger partial charge on any atom is 0.210 e. The van der Waals surface area contributed by atoms with Crippen LogP contribution in [0.2, 0.25) is 0 Å². The van der Waals surface area contributed by atoms with Gasteiger partial charge in [0.25, 0.3) is 0 Å². The second-order valence-corrected chi connectivity index (χ2v) is 3.21. The van der Waals surface area contributed by atoms with Crippen LogP contribution in [0.1, 0.15) is 6.92 Å². The molecule has 12 heavy (non-hydrogen) atoms. The van der Waals surface area contributed by atoms with E-state index in [-0.39, 0.29) is 6.61 Å². The third-order valence-electron chi connectivity index (χ3n) is 1.45. The third kappa shape index (κ3) is 2.05. The van der Waals surface area contributed by atoms with Crippen LogP contribution in [0.25, 0.3) is 0 Å². The van der Waals surface area contributed by atoms with Crippen LogP contribution in [-0.2, 0) is 0 Å². The number of nitrogens with zero attached hydrogens (tertiary/aromatic N) is 3. The Hall–Kier alpha value is -0.880. The molecule has 1 aromatic rings. The first-order valence-electron chi connectivity index (χ1n) is 3.72. The molecule has 6 heteroatoms. The Labute approximate surface area is 74.8 Å². The molecule has 68 valence electrons. The van der Waals surface area contributed by atoms with Crippen LogP contribution in [-0.4, -0.2) is 35.0 Å². The molecule has 0 aliphatic rings. The fourth-order valence-electron chi connectivity index (χ4n) is 0.864. The van der Waals surface area contributed by atoms with Crippen LogP contribution < -0.4 is 10.6 Å². The van der Waals surface area contributed by atoms with Gasteiger partial charge in [0.2, 0.25) is 10.3 Å². The van der Waals surface area contributed by atoms with E-state index in [9.17, 15) is 0 Å². The number of likely N-dealkylation sites (N-methyl/N-ethyl adjacent to an activating group) is 1. The number of aromatic nitrogens is 2. The number of rotatable bonds is 4. The van der Waals surface area contributed by atoms with Gasteiger partial charge in [0.15, 0.2) is 0 Å². The molecule has 0 radical (unpaired) electrons. The average molecular weight is 188 g/mol. The molecule has 1 aromatic heterocycles. The van der Waals surface area contributed by atoms with Crippen LogP contribution in [0.4, 0.5) is 10.3 Å². The Bertz CT molecular complexity index is 239. The van der Waals surface area contributed by atoms with Gasteiger partial charge in [0.1, 0.15) is 0 Å². The van der Waals surface area contributed by atoms with E-state index in [1.165, 1.54) is 11.3 Å². The van der Waals surface area contributed by atoms with Crippen LogP contribution in [0, 0.1) is 0 Å². The van der Waals surface area contributed by atoms with E-state index >= 15 is 0 Å². The second-order valence-electron chi connectivity index (χ2n) is 2.23. The molecule has 1 rings (SSSR count). The Balaban J connectivity index is 2.66. The molecule has 0 aromatic carbocycles. The summed E-state index contributed by atoms with van der Waals surface area (Å²) in [5, 5.41) is 17.5. The number of aliphatic hydroxyl groups excluding tert-OH is 1. The Morgan fingerprint density at radius 1 is 1.58 bits per heavy atom. The number of nitrogen functional groups attached to an aromatic ring is 1. The summed E-state index contributed by atoms with van der Waals surface area (Å²) in [5.74, 6) is 0. The number of hydrogen-bond donors (Lipinski definition) is 2. The van der Waals surface area contributed by atoms with E-state index in [4.69, 9.17) is 10.8 Å². The molecule has 1 heterocycles. The summed E-state index contributed by atoms with van der Waals surface area (Å²) in [7, 11) is 0. The van der Waals surface area contributed by atoms with E-state index < -0.39 is 0 Å². The van der Waals surface area contributed by atoms with Crippen molar-refractivity contribution in [3.05, 3.63) is 0 Å². The van der Waals surface area contributed by atoms with Gasteiger partial charge >= 0.3 is 0 Å². The summed E-state index contributed by atoms with van der Waals surface area (Å²) in [6, 6.07) is 0. The van der Waals surface area contributed by atoms with Crippen molar-refractivity contribution < 1.29 is 5.11 Å². The van der Waals surface area contributed by atoms with Crippen molar-refractivity contribution in [3.63, 3.8) is 0 Å². The van der Waals surface area contributed by atoms with Gasteiger partial charge in [-0.05, 0) is 6.92 Å². The zero-order chi connectivity index (χ0) is 8.97. The van der Waals surface area contributed by atoms with E-state index in [1.54, 1.807) is 0 Å². The first-order valence-corrected chi connectivity index (χ1v) is 4.54. The molecule has 0 aliphatic heterocycles. The fraction of sp³-hybridized carbons (Fsp3) is 0.667. The molecule has 5 nitrogen and oxygen atoms in total. The molecule has 0 unspecified atom stereocenters. The van der Waals surface area contributed by atoms with Gasteiger partial charge in [-0.2, -0.15) is 0 Å². The third-order valence-corrected chi connectivity index (χ3v) is 2.27. The molecule has 0 fully saturated rings. The number of nitrogens with two attached hydrogens (primary N) is 1. The van der Waals surface area contributed by atoms with Crippen LogP contribution >= 0.6 is 11.3 Å². The number of hydrogen-bond acceptors (Lipinski definition) is 6. The lowest BCUT2D eigenvalue weighted by Crippen LogP contribution is -2.25. The van der Waals surface area contributed by atoms with Crippen molar-refractivity contribution in [3.8, 4) is 0 Å². The lowest BCUT2D eigenvalue weighted by Gasteiger charge is -2.16. The maximum atomic E-state index is 8.72. The molecular weight excluding hydrogens is 176 g/mol. The molecule has 0 spiro atoms. The van der Waals surface area contributed by atoms with E-state index in [0.717, 1.165) is 11.7 Å². The van der Waals surface area contributed by atoms with E-state index in [0.29, 0.717) is 11.7 Å². The summed E-state index contributed by atoms with van der Waals surface area (Å²) >= 11 is 1.33. The highest BCUT2D eigenvalue weighted by Crippen LogP contribution is 2.20. The van der Waals surface area contributed by atoms with Gasteiger partial charge in [-0.25, -0.2) is 0 Å². The Morgan fingerprint density at radius 2 is 2.33 bits per heavy atom. The monoisotopic (exact) mass is 188 g/mol. The Morgan fingerprint density at radius 3 is 2.75 bits per heavy atom. The summed E-state index contributed by atoms with van der Waals surface area (Å²) in [5.41, 5.74) is 5.42. The highest BCUT2D eigenvalue weighted by Gasteiger charge is 2.08. The first-order chi connectivity index (χ1) is 5.77. The predicted octanol–water partition coefficient (Wildman–Crippen LogP) is -0.0611. The second kappa shape index (κ2) is 4.22. The quantitative estimate of drug-likeness (QED) is 0.692. The molecule has 0 aliphatic carbocycles. The van der Waals surface area contributed by atoms with Crippen molar-refractivity contribution in [1.82, 2.24) is 10.2 Å². The van der Waals surface area contributed by atoms with Gasteiger partial charge < -0.3 is 15.7 Å². The van der Waals surface area contributed by atoms with Crippen molar-refractivity contribution in [1.29, 1.82) is 0 Å². The minimum Gasteiger partial charge on any atom is -0.395 e. The molecule has 0 bridgehead atoms. The van der Waals surface area contributed by atoms with Crippen molar-refractivity contribution in [2.45, 2.75) is 6.92 Å². The van der Waals surface area contributed by atoms with Crippen molar-refractivity contribution in [2.75, 3.05) is 30.3 Å². The highest BCUT2D eigenvalue weighted by atomic mass is 32.1. The zero-order valence-electron chi connectivity index (χ0n) is 6.90. The largest absolute Gasteiger partial charge is 0.395 e. The number of aliphatic hydroxyl groups is 1. The standard InChI is InChI=1S/C6H12N4OS/c1-2-10(3-4-11)6-9-8-5(7)12-6/h11H,2-4H2,1H3,(H2,7,8). The Kier molecular flexibility index (Phi) is 3.24. The summed E-state index contributed by atoms with van der Waals surface area (Å²) < 4.78 is 0. The molecular formula is C6H12N4OS. The molecule has 0 atom stereocenters. The summed E-state index contributed by atoms with van der Waals surface area (Å²) in [6.07, 6.45) is 0. The van der Waals surface area contributed by atoms with Gasteiger partial charge in [-0.3, -0.25) is 0 Å². The highest BCUT2D eigenvalue weighted by molar-refractivity contribution is 7.18. The smallest absolute Gasteiger partial charge is 0.210 e. The normalized spacial score (nSPS) is 10.2. The van der Waals surface area contributed by atoms with Crippen LogP contribution in [0.5, 0.6) is 0 Å².